The van der Waals surface area contributed by atoms with Crippen molar-refractivity contribution in [2.45, 2.75) is 19.3 Å². The van der Waals surface area contributed by atoms with E-state index in [0.29, 0.717) is 33.1 Å². The summed E-state index contributed by atoms with van der Waals surface area (Å²) in [5, 5.41) is 3.92. The monoisotopic (exact) mass is 540 g/mol. The SMILES string of the molecule is COc1cc2[nH]c(=O)c(C(=O)Nc3cc(C(=O)CC(CN)c4cccc(Cl)c4)ccc3C)cc2cn1.Cl. The lowest BCUT2D eigenvalue weighted by Crippen LogP contribution is -2.23. The number of aryl methyl sites for hydroxylation is 1. The average molecular weight is 541 g/mol. The van der Waals surface area contributed by atoms with Gasteiger partial charge in [0.25, 0.3) is 11.5 Å². The quantitative estimate of drug-likeness (QED) is 0.273. The highest BCUT2D eigenvalue weighted by Crippen LogP contribution is 2.25. The fourth-order valence-corrected chi connectivity index (χ4v) is 4.12. The topological polar surface area (TPSA) is 127 Å². The van der Waals surface area contributed by atoms with Crippen molar-refractivity contribution in [2.75, 3.05) is 19.0 Å². The summed E-state index contributed by atoms with van der Waals surface area (Å²) in [6.45, 7) is 2.09. The number of fused-ring (bicyclic) bond motifs is 1. The molecular weight excluding hydrogens is 515 g/mol. The van der Waals surface area contributed by atoms with Crippen molar-refractivity contribution in [3.63, 3.8) is 0 Å². The first-order valence-electron chi connectivity index (χ1n) is 11.3. The molecule has 0 fully saturated rings. The third-order valence-electron chi connectivity index (χ3n) is 6.00. The molecule has 0 bridgehead atoms. The molecule has 0 saturated carbocycles. The van der Waals surface area contributed by atoms with Crippen LogP contribution in [0.15, 0.2) is 65.6 Å². The third kappa shape index (κ3) is 6.35. The fourth-order valence-electron chi connectivity index (χ4n) is 3.92. The van der Waals surface area contributed by atoms with Gasteiger partial charge in [0.2, 0.25) is 5.88 Å². The van der Waals surface area contributed by atoms with Crippen LogP contribution < -0.4 is 21.3 Å². The van der Waals surface area contributed by atoms with Crippen LogP contribution in [0.25, 0.3) is 10.9 Å². The molecule has 10 heteroatoms. The van der Waals surface area contributed by atoms with Gasteiger partial charge < -0.3 is 20.8 Å². The summed E-state index contributed by atoms with van der Waals surface area (Å²) in [4.78, 5) is 45.4. The summed E-state index contributed by atoms with van der Waals surface area (Å²) in [6.07, 6.45) is 1.70. The fraction of sp³-hybridized carbons (Fsp3) is 0.185. The van der Waals surface area contributed by atoms with Crippen LogP contribution >= 0.6 is 24.0 Å². The number of benzene rings is 2. The molecular formula is C27H26Cl2N4O4. The maximum Gasteiger partial charge on any atom is 0.261 e. The van der Waals surface area contributed by atoms with E-state index in [0.717, 1.165) is 11.1 Å². The minimum absolute atomic E-state index is 0. The van der Waals surface area contributed by atoms with Crippen LogP contribution in [0.3, 0.4) is 0 Å². The second kappa shape index (κ2) is 12.0. The second-order valence-corrected chi connectivity index (χ2v) is 8.86. The van der Waals surface area contributed by atoms with Gasteiger partial charge in [-0.25, -0.2) is 4.98 Å². The van der Waals surface area contributed by atoms with Crippen LogP contribution in [-0.2, 0) is 0 Å². The van der Waals surface area contributed by atoms with Crippen LogP contribution in [0.5, 0.6) is 5.88 Å². The number of pyridine rings is 2. The lowest BCUT2D eigenvalue weighted by Gasteiger charge is -2.16. The molecule has 8 nitrogen and oxygen atoms in total. The maximum atomic E-state index is 13.1. The van der Waals surface area contributed by atoms with Crippen LogP contribution in [0.2, 0.25) is 5.02 Å². The Morgan fingerprint density at radius 3 is 2.65 bits per heavy atom. The van der Waals surface area contributed by atoms with Crippen molar-refractivity contribution in [1.29, 1.82) is 0 Å². The zero-order valence-corrected chi connectivity index (χ0v) is 21.8. The minimum atomic E-state index is -0.597. The number of rotatable bonds is 8. The predicted molar refractivity (Wildman–Crippen MR) is 147 cm³/mol. The van der Waals surface area contributed by atoms with Crippen molar-refractivity contribution >= 4 is 52.3 Å². The summed E-state index contributed by atoms with van der Waals surface area (Å²) in [7, 11) is 1.47. The molecule has 1 unspecified atom stereocenters. The summed E-state index contributed by atoms with van der Waals surface area (Å²) in [5.41, 5.74) is 8.32. The van der Waals surface area contributed by atoms with E-state index in [9.17, 15) is 14.4 Å². The van der Waals surface area contributed by atoms with E-state index >= 15 is 0 Å². The number of nitrogens with one attached hydrogen (secondary N) is 2. The van der Waals surface area contributed by atoms with Gasteiger partial charge in [0.05, 0.1) is 12.6 Å². The molecule has 0 aliphatic rings. The summed E-state index contributed by atoms with van der Waals surface area (Å²) in [6, 6.07) is 15.4. The van der Waals surface area contributed by atoms with E-state index < -0.39 is 11.5 Å². The summed E-state index contributed by atoms with van der Waals surface area (Å²) < 4.78 is 5.07. The van der Waals surface area contributed by atoms with Crippen molar-refractivity contribution in [3.05, 3.63) is 98.4 Å². The van der Waals surface area contributed by atoms with E-state index in [1.165, 1.54) is 19.4 Å². The van der Waals surface area contributed by atoms with Crippen LogP contribution in [0, 0.1) is 6.92 Å². The number of halogens is 2. The minimum Gasteiger partial charge on any atom is -0.481 e. The number of aromatic amines is 1. The summed E-state index contributed by atoms with van der Waals surface area (Å²) in [5.74, 6) is -0.566. The number of hydrogen-bond acceptors (Lipinski definition) is 6. The number of nitrogens with zero attached hydrogens (tertiary/aromatic N) is 1. The van der Waals surface area contributed by atoms with Crippen LogP contribution in [0.1, 0.15) is 44.2 Å². The highest BCUT2D eigenvalue weighted by molar-refractivity contribution is 6.30. The molecule has 192 valence electrons. The molecule has 0 radical (unpaired) electrons. The van der Waals surface area contributed by atoms with Gasteiger partial charge in [-0.2, -0.15) is 0 Å². The molecule has 4 aromatic rings. The summed E-state index contributed by atoms with van der Waals surface area (Å²) >= 11 is 6.09. The molecule has 0 saturated heterocycles. The Kier molecular flexibility index (Phi) is 9.04. The van der Waals surface area contributed by atoms with Gasteiger partial charge in [-0.15, -0.1) is 12.4 Å². The second-order valence-electron chi connectivity index (χ2n) is 8.42. The van der Waals surface area contributed by atoms with E-state index in [1.807, 2.05) is 12.1 Å². The first-order chi connectivity index (χ1) is 17.3. The molecule has 1 amide bonds. The number of aromatic nitrogens is 2. The lowest BCUT2D eigenvalue weighted by molar-refractivity contribution is 0.0972. The van der Waals surface area contributed by atoms with Crippen LogP contribution in [0.4, 0.5) is 5.69 Å². The molecule has 37 heavy (non-hydrogen) atoms. The first kappa shape index (κ1) is 27.9. The van der Waals surface area contributed by atoms with Crippen molar-refractivity contribution in [2.24, 2.45) is 5.73 Å². The highest BCUT2D eigenvalue weighted by atomic mass is 35.5. The molecule has 1 atom stereocenters. The number of amides is 1. The zero-order chi connectivity index (χ0) is 25.8. The van der Waals surface area contributed by atoms with E-state index in [1.54, 1.807) is 43.3 Å². The highest BCUT2D eigenvalue weighted by Gasteiger charge is 2.19. The number of ketones is 1. The smallest absolute Gasteiger partial charge is 0.261 e. The molecule has 0 spiro atoms. The molecule has 4 N–H and O–H groups in total. The number of H-pyrrole nitrogens is 1. The molecule has 0 aliphatic carbocycles. The van der Waals surface area contributed by atoms with E-state index in [2.05, 4.69) is 15.3 Å². The first-order valence-corrected chi connectivity index (χ1v) is 11.6. The Morgan fingerprint density at radius 2 is 1.95 bits per heavy atom. The number of carbonyl (C=O) groups excluding carboxylic acids is 2. The number of hydrogen-bond donors (Lipinski definition) is 3. The number of nitrogens with two attached hydrogens (primary N) is 1. The number of carbonyl (C=O) groups is 2. The Labute approximate surface area is 224 Å². The number of ether oxygens (including phenoxy) is 1. The largest absolute Gasteiger partial charge is 0.481 e. The predicted octanol–water partition coefficient (Wildman–Crippen LogP) is 4.88. The standard InChI is InChI=1S/C27H25ClN4O4.ClH/c1-15-6-7-17(24(33)11-18(13-29)16-4-3-5-20(28)8-16)10-22(15)31-26(34)21-9-19-14-30-25(36-2)12-23(19)32-27(21)35;/h3-10,12,14,18H,11,13,29H2,1-2H3,(H,31,34)(H,32,35);1H. The number of anilines is 1. The zero-order valence-electron chi connectivity index (χ0n) is 20.2. The molecule has 2 aromatic heterocycles. The number of methoxy groups -OCH3 is 1. The Morgan fingerprint density at radius 1 is 1.16 bits per heavy atom. The van der Waals surface area contributed by atoms with Crippen molar-refractivity contribution in [1.82, 2.24) is 9.97 Å². The van der Waals surface area contributed by atoms with E-state index in [-0.39, 0.29) is 42.6 Å². The Hall–Kier alpha value is -3.72. The third-order valence-corrected chi connectivity index (χ3v) is 6.24. The van der Waals surface area contributed by atoms with Gasteiger partial charge in [-0.05, 0) is 48.9 Å². The van der Waals surface area contributed by atoms with Crippen molar-refractivity contribution < 1.29 is 14.3 Å². The van der Waals surface area contributed by atoms with Crippen molar-refractivity contribution in [3.8, 4) is 5.88 Å². The van der Waals surface area contributed by atoms with Gasteiger partial charge >= 0.3 is 0 Å². The number of Topliss-reactive ketones (excluding diaryl/α,β-unsaturated/α-hetero) is 1. The molecule has 2 heterocycles. The van der Waals surface area contributed by atoms with Crippen LogP contribution in [-0.4, -0.2) is 35.3 Å². The van der Waals surface area contributed by atoms with Gasteiger partial charge in [0.1, 0.15) is 5.56 Å². The molecule has 2 aromatic carbocycles. The van der Waals surface area contributed by atoms with E-state index in [4.69, 9.17) is 22.1 Å². The lowest BCUT2D eigenvalue weighted by atomic mass is 9.91. The Balaban J connectivity index is 0.00000380. The normalized spacial score (nSPS) is 11.5. The van der Waals surface area contributed by atoms with Gasteiger partial charge in [-0.3, -0.25) is 14.4 Å². The van der Waals surface area contributed by atoms with Gasteiger partial charge in [-0.1, -0.05) is 35.9 Å². The average Bonchev–Trinajstić information content (AvgIpc) is 2.87. The Bertz CT molecular complexity index is 1520. The van der Waals surface area contributed by atoms with Gasteiger partial charge in [0, 0.05) is 46.3 Å². The molecule has 4 rings (SSSR count). The van der Waals surface area contributed by atoms with Gasteiger partial charge in [0.15, 0.2) is 5.78 Å². The maximum absolute atomic E-state index is 13.1. The molecule has 0 aliphatic heterocycles.